The molecule has 0 aliphatic heterocycles. The van der Waals surface area contributed by atoms with Crippen LogP contribution in [-0.4, -0.2) is 5.91 Å². The first-order chi connectivity index (χ1) is 8.69. The minimum atomic E-state index is -0.0258. The topological polar surface area (TPSA) is 29.1 Å². The fourth-order valence-corrected chi connectivity index (χ4v) is 3.00. The number of halogens is 1. The molecule has 0 spiro atoms. The third-order valence-corrected chi connectivity index (χ3v) is 4.37. The zero-order chi connectivity index (χ0) is 13.0. The first-order valence-electron chi connectivity index (χ1n) is 5.79. The van der Waals surface area contributed by atoms with Gasteiger partial charge in [-0.25, -0.2) is 0 Å². The van der Waals surface area contributed by atoms with Crippen LogP contribution in [0.4, 0.5) is 0 Å². The maximum absolute atomic E-state index is 11.9. The van der Waals surface area contributed by atoms with Crippen LogP contribution in [0.25, 0.3) is 0 Å². The van der Waals surface area contributed by atoms with Gasteiger partial charge in [-0.15, -0.1) is 11.3 Å². The molecule has 0 atom stereocenters. The average molecular weight is 324 g/mol. The van der Waals surface area contributed by atoms with E-state index in [1.165, 1.54) is 5.56 Å². The lowest BCUT2D eigenvalue weighted by atomic mass is 10.1. The largest absolute Gasteiger partial charge is 0.347 e. The van der Waals surface area contributed by atoms with E-state index < -0.39 is 0 Å². The lowest BCUT2D eigenvalue weighted by molar-refractivity contribution is 0.0951. The predicted molar refractivity (Wildman–Crippen MR) is 79.0 cm³/mol. The summed E-state index contributed by atoms with van der Waals surface area (Å²) in [6.07, 6.45) is 0.991. The van der Waals surface area contributed by atoms with Crippen LogP contribution in [0.15, 0.2) is 40.2 Å². The van der Waals surface area contributed by atoms with Gasteiger partial charge >= 0.3 is 0 Å². The van der Waals surface area contributed by atoms with E-state index in [1.54, 1.807) is 11.3 Å². The Kier molecular flexibility index (Phi) is 4.55. The van der Waals surface area contributed by atoms with Gasteiger partial charge in [-0.05, 0) is 46.1 Å². The van der Waals surface area contributed by atoms with Crippen LogP contribution >= 0.6 is 27.3 Å². The van der Waals surface area contributed by atoms with Gasteiger partial charge in [0.1, 0.15) is 0 Å². The SMILES string of the molecule is CCc1ccc(C(=O)NCc2cc(Br)cs2)cc1. The van der Waals surface area contributed by atoms with Crippen molar-refractivity contribution in [1.82, 2.24) is 5.32 Å². The number of carbonyl (C=O) groups excluding carboxylic acids is 1. The fourth-order valence-electron chi connectivity index (χ4n) is 1.61. The summed E-state index contributed by atoms with van der Waals surface area (Å²) >= 11 is 5.03. The number of hydrogen-bond donors (Lipinski definition) is 1. The van der Waals surface area contributed by atoms with Crippen molar-refractivity contribution >= 4 is 33.2 Å². The summed E-state index contributed by atoms with van der Waals surface area (Å²) in [5.74, 6) is -0.0258. The van der Waals surface area contributed by atoms with Gasteiger partial charge in [0.25, 0.3) is 5.91 Å². The average Bonchev–Trinajstić information content (AvgIpc) is 2.82. The van der Waals surface area contributed by atoms with Crippen molar-refractivity contribution in [1.29, 1.82) is 0 Å². The van der Waals surface area contributed by atoms with Crippen LogP contribution in [0.2, 0.25) is 0 Å². The second-order valence-electron chi connectivity index (χ2n) is 3.96. The first kappa shape index (κ1) is 13.3. The molecule has 2 rings (SSSR count). The molecule has 0 saturated carbocycles. The van der Waals surface area contributed by atoms with E-state index in [4.69, 9.17) is 0 Å². The Balaban J connectivity index is 1.94. The predicted octanol–water partition coefficient (Wildman–Crippen LogP) is 4.00. The van der Waals surface area contributed by atoms with E-state index in [-0.39, 0.29) is 5.91 Å². The van der Waals surface area contributed by atoms with Gasteiger partial charge < -0.3 is 5.32 Å². The summed E-state index contributed by atoms with van der Waals surface area (Å²) < 4.78 is 1.06. The van der Waals surface area contributed by atoms with Gasteiger partial charge in [0.15, 0.2) is 0 Å². The summed E-state index contributed by atoms with van der Waals surface area (Å²) in [6.45, 7) is 2.67. The summed E-state index contributed by atoms with van der Waals surface area (Å²) in [4.78, 5) is 13.0. The van der Waals surface area contributed by atoms with Crippen molar-refractivity contribution in [3.05, 3.63) is 56.2 Å². The van der Waals surface area contributed by atoms with Crippen LogP contribution in [-0.2, 0) is 13.0 Å². The molecule has 0 bridgehead atoms. The molecule has 1 aromatic heterocycles. The quantitative estimate of drug-likeness (QED) is 0.905. The molecular weight excluding hydrogens is 310 g/mol. The Bertz CT molecular complexity index is 533. The molecule has 0 aliphatic rings. The van der Waals surface area contributed by atoms with Crippen molar-refractivity contribution in [2.45, 2.75) is 19.9 Å². The lowest BCUT2D eigenvalue weighted by Crippen LogP contribution is -2.22. The Morgan fingerprint density at radius 3 is 2.61 bits per heavy atom. The minimum Gasteiger partial charge on any atom is -0.347 e. The Morgan fingerprint density at radius 2 is 2.06 bits per heavy atom. The van der Waals surface area contributed by atoms with Gasteiger partial charge in [-0.1, -0.05) is 19.1 Å². The Labute approximate surface area is 119 Å². The summed E-state index contributed by atoms with van der Waals surface area (Å²) in [6, 6.07) is 9.76. The smallest absolute Gasteiger partial charge is 0.251 e. The van der Waals surface area contributed by atoms with E-state index in [0.29, 0.717) is 12.1 Å². The molecule has 2 aromatic rings. The van der Waals surface area contributed by atoms with Crippen molar-refractivity contribution in [2.24, 2.45) is 0 Å². The van der Waals surface area contributed by atoms with E-state index >= 15 is 0 Å². The Morgan fingerprint density at radius 1 is 1.33 bits per heavy atom. The number of hydrogen-bond acceptors (Lipinski definition) is 2. The highest BCUT2D eigenvalue weighted by atomic mass is 79.9. The molecule has 1 aromatic carbocycles. The standard InChI is InChI=1S/C14H14BrNOS/c1-2-10-3-5-11(6-4-10)14(17)16-8-13-7-12(15)9-18-13/h3-7,9H,2,8H2,1H3,(H,16,17). The van der Waals surface area contributed by atoms with Crippen molar-refractivity contribution in [2.75, 3.05) is 0 Å². The zero-order valence-electron chi connectivity index (χ0n) is 10.1. The highest BCUT2D eigenvalue weighted by molar-refractivity contribution is 9.10. The molecule has 0 aliphatic carbocycles. The molecule has 0 fully saturated rings. The van der Waals surface area contributed by atoms with Crippen molar-refractivity contribution in [3.63, 3.8) is 0 Å². The number of thiophene rings is 1. The van der Waals surface area contributed by atoms with Crippen LogP contribution < -0.4 is 5.32 Å². The second-order valence-corrected chi connectivity index (χ2v) is 5.88. The molecule has 0 unspecified atom stereocenters. The van der Waals surface area contributed by atoms with Crippen LogP contribution in [0.3, 0.4) is 0 Å². The molecule has 2 nitrogen and oxygen atoms in total. The third kappa shape index (κ3) is 3.43. The summed E-state index contributed by atoms with van der Waals surface area (Å²) in [5.41, 5.74) is 1.96. The third-order valence-electron chi connectivity index (χ3n) is 2.67. The minimum absolute atomic E-state index is 0.0258. The van der Waals surface area contributed by atoms with Gasteiger partial charge in [-0.2, -0.15) is 0 Å². The number of rotatable bonds is 4. The molecule has 0 saturated heterocycles. The summed E-state index contributed by atoms with van der Waals surface area (Å²) in [7, 11) is 0. The number of carbonyl (C=O) groups is 1. The maximum Gasteiger partial charge on any atom is 0.251 e. The van der Waals surface area contributed by atoms with E-state index in [2.05, 4.69) is 28.2 Å². The monoisotopic (exact) mass is 323 g/mol. The molecule has 0 radical (unpaired) electrons. The second kappa shape index (κ2) is 6.16. The molecule has 1 N–H and O–H groups in total. The molecule has 1 amide bonds. The van der Waals surface area contributed by atoms with Crippen LogP contribution in [0.1, 0.15) is 27.7 Å². The number of amides is 1. The van der Waals surface area contributed by atoms with Crippen LogP contribution in [0, 0.1) is 0 Å². The number of nitrogens with one attached hydrogen (secondary N) is 1. The van der Waals surface area contributed by atoms with Crippen molar-refractivity contribution in [3.8, 4) is 0 Å². The van der Waals surface area contributed by atoms with E-state index in [9.17, 15) is 4.79 Å². The lowest BCUT2D eigenvalue weighted by Gasteiger charge is -2.04. The number of benzene rings is 1. The van der Waals surface area contributed by atoms with Gasteiger partial charge in [0.05, 0.1) is 6.54 Å². The molecule has 1 heterocycles. The summed E-state index contributed by atoms with van der Waals surface area (Å²) in [5, 5.41) is 4.93. The highest BCUT2D eigenvalue weighted by Crippen LogP contribution is 2.19. The molecule has 94 valence electrons. The van der Waals surface area contributed by atoms with Gasteiger partial charge in [-0.3, -0.25) is 4.79 Å². The molecule has 18 heavy (non-hydrogen) atoms. The first-order valence-corrected chi connectivity index (χ1v) is 7.46. The molecular formula is C14H14BrNOS. The Hall–Kier alpha value is -1.13. The van der Waals surface area contributed by atoms with Crippen LogP contribution in [0.5, 0.6) is 0 Å². The zero-order valence-corrected chi connectivity index (χ0v) is 12.5. The van der Waals surface area contributed by atoms with E-state index in [0.717, 1.165) is 15.8 Å². The van der Waals surface area contributed by atoms with E-state index in [1.807, 2.05) is 35.7 Å². The fraction of sp³-hybridized carbons (Fsp3) is 0.214. The van der Waals surface area contributed by atoms with Crippen molar-refractivity contribution < 1.29 is 4.79 Å². The normalized spacial score (nSPS) is 10.3. The highest BCUT2D eigenvalue weighted by Gasteiger charge is 2.05. The number of aryl methyl sites for hydroxylation is 1. The van der Waals surface area contributed by atoms with Gasteiger partial charge in [0.2, 0.25) is 0 Å². The molecule has 4 heteroatoms. The maximum atomic E-state index is 11.9. The van der Waals surface area contributed by atoms with Gasteiger partial charge in [0, 0.05) is 20.3 Å².